The van der Waals surface area contributed by atoms with Crippen LogP contribution in [-0.2, 0) is 0 Å². The van der Waals surface area contributed by atoms with Crippen LogP contribution in [-0.4, -0.2) is 16.1 Å². The average Bonchev–Trinajstić information content (AvgIpc) is 2.60. The molecule has 0 N–H and O–H groups in total. The molecule has 3 aromatic rings. The van der Waals surface area contributed by atoms with Crippen molar-refractivity contribution in [2.24, 2.45) is 0 Å². The first kappa shape index (κ1) is 19.6. The summed E-state index contributed by atoms with van der Waals surface area (Å²) < 4.78 is 79.3. The van der Waals surface area contributed by atoms with E-state index in [0.29, 0.717) is 11.6 Å². The first-order chi connectivity index (χ1) is 13.1. The molecule has 8 heteroatoms. The Hall–Kier alpha value is -3.16. The van der Waals surface area contributed by atoms with Gasteiger partial charge in [0.05, 0.1) is 0 Å². The van der Waals surface area contributed by atoms with Gasteiger partial charge in [-0.15, -0.1) is 0 Å². The molecule has 0 fully saturated rings. The van der Waals surface area contributed by atoms with E-state index >= 15 is 0 Å². The third kappa shape index (κ3) is 4.39. The van der Waals surface area contributed by atoms with Gasteiger partial charge in [0, 0.05) is 35.2 Å². The van der Waals surface area contributed by atoms with Crippen molar-refractivity contribution in [1.82, 2.24) is 9.97 Å². The number of hydrogen-bond donors (Lipinski definition) is 0. The number of halogens is 6. The molecule has 0 spiro atoms. The predicted molar refractivity (Wildman–Crippen MR) is 92.6 cm³/mol. The molecular formula is C20H12F6N2. The fourth-order valence-electron chi connectivity index (χ4n) is 2.51. The first-order valence-corrected chi connectivity index (χ1v) is 7.98. The maximum atomic E-state index is 14.5. The van der Waals surface area contributed by atoms with E-state index in [-0.39, 0.29) is 23.0 Å². The smallest absolute Gasteiger partial charge is 0.236 e. The zero-order valence-electron chi connectivity index (χ0n) is 14.4. The molecule has 0 aliphatic carbocycles. The van der Waals surface area contributed by atoms with Crippen LogP contribution in [0.4, 0.5) is 26.3 Å². The van der Waals surface area contributed by atoms with E-state index in [1.54, 1.807) is 19.3 Å². The van der Waals surface area contributed by atoms with Gasteiger partial charge in [-0.3, -0.25) is 0 Å². The number of aromatic nitrogens is 2. The van der Waals surface area contributed by atoms with Gasteiger partial charge in [-0.25, -0.2) is 23.1 Å². The second-order valence-corrected chi connectivity index (χ2v) is 6.01. The Morgan fingerprint density at radius 2 is 1.39 bits per heavy atom. The number of hydrogen-bond acceptors (Lipinski definition) is 2. The molecule has 144 valence electrons. The van der Waals surface area contributed by atoms with Gasteiger partial charge < -0.3 is 0 Å². The second kappa shape index (κ2) is 7.46. The lowest BCUT2D eigenvalue weighted by Crippen LogP contribution is -2.01. The van der Waals surface area contributed by atoms with Crippen LogP contribution in [0.5, 0.6) is 0 Å². The number of nitrogens with zero attached hydrogens (tertiary/aromatic N) is 2. The lowest BCUT2D eigenvalue weighted by molar-refractivity contribution is -0.0790. The highest BCUT2D eigenvalue weighted by Gasteiger charge is 2.23. The fraction of sp³-hybridized carbons (Fsp3) is 0.100. The van der Waals surface area contributed by atoms with E-state index in [0.717, 1.165) is 23.8 Å². The summed E-state index contributed by atoms with van der Waals surface area (Å²) in [4.78, 5) is 8.15. The molecule has 0 unspecified atom stereocenters. The SMILES string of the molecule is Cc1cnc(-c2ccc(-c3cc(F)c(/C=C/C(F)(F)F)c(F)c3)c(F)c2)nc1. The minimum atomic E-state index is -4.71. The summed E-state index contributed by atoms with van der Waals surface area (Å²) in [5.74, 6) is -2.97. The second-order valence-electron chi connectivity index (χ2n) is 6.01. The lowest BCUT2D eigenvalue weighted by Gasteiger charge is -2.09. The monoisotopic (exact) mass is 394 g/mol. The number of benzene rings is 2. The van der Waals surface area contributed by atoms with Crippen LogP contribution in [0.15, 0.2) is 48.8 Å². The third-order valence-corrected chi connectivity index (χ3v) is 3.84. The van der Waals surface area contributed by atoms with Crippen molar-refractivity contribution in [1.29, 1.82) is 0 Å². The van der Waals surface area contributed by atoms with Gasteiger partial charge in [-0.1, -0.05) is 12.1 Å². The quantitative estimate of drug-likeness (QED) is 0.501. The predicted octanol–water partition coefficient (Wildman–Crippen LogP) is 6.11. The molecule has 1 aromatic heterocycles. The molecule has 3 rings (SSSR count). The zero-order chi connectivity index (χ0) is 20.5. The number of rotatable bonds is 3. The normalized spacial score (nSPS) is 12.0. The summed E-state index contributed by atoms with van der Waals surface area (Å²) in [6, 6.07) is 5.45. The van der Waals surface area contributed by atoms with Crippen LogP contribution in [0.25, 0.3) is 28.6 Å². The van der Waals surface area contributed by atoms with Gasteiger partial charge in [-0.05, 0) is 42.3 Å². The molecule has 1 heterocycles. The van der Waals surface area contributed by atoms with Crippen LogP contribution >= 0.6 is 0 Å². The van der Waals surface area contributed by atoms with Gasteiger partial charge in [0.25, 0.3) is 0 Å². The van der Waals surface area contributed by atoms with Gasteiger partial charge >= 0.3 is 6.18 Å². The van der Waals surface area contributed by atoms with Gasteiger partial charge in [0.2, 0.25) is 0 Å². The van der Waals surface area contributed by atoms with Crippen LogP contribution in [0, 0.1) is 24.4 Å². The van der Waals surface area contributed by atoms with Crippen LogP contribution in [0.1, 0.15) is 11.1 Å². The summed E-state index contributed by atoms with van der Waals surface area (Å²) >= 11 is 0. The maximum absolute atomic E-state index is 14.5. The summed E-state index contributed by atoms with van der Waals surface area (Å²) in [5.41, 5.74) is 0.0811. The minimum Gasteiger partial charge on any atom is -0.236 e. The standard InChI is InChI=1S/C20H12F6N2/c1-11-9-27-19(28-10-11)12-2-3-14(16(21)6-12)13-7-17(22)15(18(23)8-13)4-5-20(24,25)26/h2-10H,1H3/b5-4+. The van der Waals surface area contributed by atoms with Gasteiger partial charge in [-0.2, -0.15) is 13.2 Å². The maximum Gasteiger partial charge on any atom is 0.409 e. The molecule has 2 nitrogen and oxygen atoms in total. The fourth-order valence-corrected chi connectivity index (χ4v) is 2.51. The molecule has 28 heavy (non-hydrogen) atoms. The van der Waals surface area contributed by atoms with Crippen molar-refractivity contribution in [3.63, 3.8) is 0 Å². The molecule has 2 aromatic carbocycles. The van der Waals surface area contributed by atoms with Crippen molar-refractivity contribution in [3.05, 3.63) is 77.4 Å². The molecular weight excluding hydrogens is 382 g/mol. The minimum absolute atomic E-state index is 0.111. The van der Waals surface area contributed by atoms with E-state index in [1.165, 1.54) is 12.1 Å². The zero-order valence-corrected chi connectivity index (χ0v) is 14.4. The lowest BCUT2D eigenvalue weighted by atomic mass is 10.0. The third-order valence-electron chi connectivity index (χ3n) is 3.84. The van der Waals surface area contributed by atoms with Crippen LogP contribution in [0.3, 0.4) is 0 Å². The molecule has 0 amide bonds. The Labute approximate surface area is 156 Å². The van der Waals surface area contributed by atoms with E-state index < -0.39 is 29.2 Å². The average molecular weight is 394 g/mol. The Morgan fingerprint density at radius 1 is 0.821 bits per heavy atom. The van der Waals surface area contributed by atoms with E-state index in [2.05, 4.69) is 9.97 Å². The topological polar surface area (TPSA) is 25.8 Å². The summed E-state index contributed by atoms with van der Waals surface area (Å²) in [7, 11) is 0. The Bertz CT molecular complexity index is 1020. The highest BCUT2D eigenvalue weighted by Crippen LogP contribution is 2.30. The van der Waals surface area contributed by atoms with Gasteiger partial charge in [0.1, 0.15) is 17.5 Å². The van der Waals surface area contributed by atoms with Crippen molar-refractivity contribution in [3.8, 4) is 22.5 Å². The Kier molecular flexibility index (Phi) is 5.22. The molecule has 0 radical (unpaired) electrons. The summed E-state index contributed by atoms with van der Waals surface area (Å²) in [6.07, 6.45) is -1.57. The Morgan fingerprint density at radius 3 is 1.93 bits per heavy atom. The van der Waals surface area contributed by atoms with Crippen molar-refractivity contribution in [2.75, 3.05) is 0 Å². The van der Waals surface area contributed by atoms with E-state index in [1.807, 2.05) is 0 Å². The highest BCUT2D eigenvalue weighted by molar-refractivity contribution is 5.70. The molecule has 0 aliphatic heterocycles. The van der Waals surface area contributed by atoms with Crippen LogP contribution in [0.2, 0.25) is 0 Å². The van der Waals surface area contributed by atoms with Crippen molar-refractivity contribution >= 4 is 6.08 Å². The van der Waals surface area contributed by atoms with Gasteiger partial charge in [0.15, 0.2) is 5.82 Å². The number of alkyl halides is 3. The Balaban J connectivity index is 1.98. The molecule has 0 bridgehead atoms. The molecule has 0 aliphatic rings. The summed E-state index contributed by atoms with van der Waals surface area (Å²) in [5, 5.41) is 0. The molecule has 0 atom stereocenters. The summed E-state index contributed by atoms with van der Waals surface area (Å²) in [6.45, 7) is 1.80. The highest BCUT2D eigenvalue weighted by atomic mass is 19.4. The number of aryl methyl sites for hydroxylation is 1. The van der Waals surface area contributed by atoms with E-state index in [4.69, 9.17) is 0 Å². The first-order valence-electron chi connectivity index (χ1n) is 7.98. The van der Waals surface area contributed by atoms with Crippen LogP contribution < -0.4 is 0 Å². The number of allylic oxidation sites excluding steroid dienone is 1. The molecule has 0 saturated carbocycles. The molecule has 0 saturated heterocycles. The van der Waals surface area contributed by atoms with Crippen molar-refractivity contribution in [2.45, 2.75) is 13.1 Å². The van der Waals surface area contributed by atoms with Crippen molar-refractivity contribution < 1.29 is 26.3 Å². The largest absolute Gasteiger partial charge is 0.409 e. The van der Waals surface area contributed by atoms with E-state index in [9.17, 15) is 26.3 Å².